The number of nitrogens with zero attached hydrogens (tertiary/aromatic N) is 1. The molecule has 8 heteroatoms. The molecule has 0 aliphatic rings. The van der Waals surface area contributed by atoms with Crippen LogP contribution in [0.4, 0.5) is 4.39 Å². The van der Waals surface area contributed by atoms with Crippen molar-refractivity contribution >= 4 is 45.2 Å². The van der Waals surface area contributed by atoms with Crippen molar-refractivity contribution in [3.63, 3.8) is 0 Å². The summed E-state index contributed by atoms with van der Waals surface area (Å²) in [5.74, 6) is -0.829. The molecule has 0 bridgehead atoms. The van der Waals surface area contributed by atoms with Crippen molar-refractivity contribution in [2.24, 2.45) is 0 Å². The first-order valence-electron chi connectivity index (χ1n) is 9.91. The van der Waals surface area contributed by atoms with Gasteiger partial charge in [-0.15, -0.1) is 0 Å². The van der Waals surface area contributed by atoms with Crippen LogP contribution in [0, 0.1) is 5.82 Å². The second-order valence-corrected chi connectivity index (χ2v) is 8.89. The number of rotatable bonds is 4. The number of halogens is 2. The molecule has 2 heterocycles. The Hall–Kier alpha value is -3.55. The Bertz CT molecular complexity index is 1630. The van der Waals surface area contributed by atoms with Gasteiger partial charge in [0.15, 0.2) is 11.3 Å². The first-order valence-corrected chi connectivity index (χ1v) is 11.1. The first-order chi connectivity index (χ1) is 15.9. The van der Waals surface area contributed by atoms with Gasteiger partial charge in [0, 0.05) is 15.3 Å². The highest BCUT2D eigenvalue weighted by atomic mass is 35.5. The zero-order valence-corrected chi connectivity index (χ0v) is 18.5. The summed E-state index contributed by atoms with van der Waals surface area (Å²) in [5.41, 5.74) is -0.215. The van der Waals surface area contributed by atoms with Crippen LogP contribution in [-0.4, -0.2) is 9.67 Å². The van der Waals surface area contributed by atoms with E-state index in [2.05, 4.69) is 0 Å². The van der Waals surface area contributed by atoms with E-state index >= 15 is 0 Å². The Kier molecular flexibility index (Phi) is 5.44. The van der Waals surface area contributed by atoms with Crippen molar-refractivity contribution in [3.8, 4) is 5.75 Å². The lowest BCUT2D eigenvalue weighted by Gasteiger charge is -2.14. The summed E-state index contributed by atoms with van der Waals surface area (Å²) in [7, 11) is 0. The Labute approximate surface area is 195 Å². The molecule has 5 aromatic rings. The van der Waals surface area contributed by atoms with Gasteiger partial charge in [-0.1, -0.05) is 53.7 Å². The normalized spacial score (nSPS) is 11.3. The number of benzene rings is 3. The van der Waals surface area contributed by atoms with Gasteiger partial charge in [-0.2, -0.15) is 0 Å². The molecule has 2 aromatic heterocycles. The minimum Gasteiger partial charge on any atom is -0.505 e. The van der Waals surface area contributed by atoms with Crippen LogP contribution in [0.25, 0.3) is 21.9 Å². The highest BCUT2D eigenvalue weighted by Gasteiger charge is 2.22. The minimum atomic E-state index is -0.749. The highest BCUT2D eigenvalue weighted by molar-refractivity contribution is 7.99. The fraction of sp³-hybridized carbons (Fsp3) is 0.0400. The SMILES string of the molecule is O=c1oc2c(c(O)c1Sc1ccccc1)c(=O)n(Cc1ccc(F)cc1)c1cc(Cl)ccc21. The van der Waals surface area contributed by atoms with Crippen molar-refractivity contribution in [2.75, 3.05) is 0 Å². The second kappa shape index (κ2) is 8.42. The number of aromatic nitrogens is 1. The summed E-state index contributed by atoms with van der Waals surface area (Å²) in [4.78, 5) is 27.0. The lowest BCUT2D eigenvalue weighted by atomic mass is 10.1. The Balaban J connectivity index is 1.80. The van der Waals surface area contributed by atoms with Crippen LogP contribution in [0.1, 0.15) is 5.56 Å². The molecular formula is C25H15ClFNO4S. The molecule has 0 unspecified atom stereocenters. The van der Waals surface area contributed by atoms with E-state index in [1.54, 1.807) is 54.6 Å². The molecule has 0 aliphatic heterocycles. The van der Waals surface area contributed by atoms with E-state index in [4.69, 9.17) is 16.0 Å². The van der Waals surface area contributed by atoms with E-state index in [1.165, 1.54) is 16.7 Å². The zero-order valence-electron chi connectivity index (χ0n) is 16.9. The molecule has 0 amide bonds. The molecule has 0 aliphatic carbocycles. The zero-order chi connectivity index (χ0) is 23.1. The number of fused-ring (bicyclic) bond motifs is 3. The quantitative estimate of drug-likeness (QED) is 0.329. The summed E-state index contributed by atoms with van der Waals surface area (Å²) >= 11 is 7.20. The van der Waals surface area contributed by atoms with E-state index in [9.17, 15) is 19.1 Å². The van der Waals surface area contributed by atoms with Gasteiger partial charge >= 0.3 is 5.63 Å². The topological polar surface area (TPSA) is 72.4 Å². The molecule has 3 aromatic carbocycles. The highest BCUT2D eigenvalue weighted by Crippen LogP contribution is 2.37. The average molecular weight is 480 g/mol. The molecule has 0 radical (unpaired) electrons. The molecule has 0 saturated carbocycles. The molecule has 0 atom stereocenters. The predicted molar refractivity (Wildman–Crippen MR) is 127 cm³/mol. The van der Waals surface area contributed by atoms with Crippen LogP contribution in [0.15, 0.2) is 96.6 Å². The smallest absolute Gasteiger partial charge is 0.354 e. The maximum atomic E-state index is 13.6. The summed E-state index contributed by atoms with van der Waals surface area (Å²) in [6.07, 6.45) is 0. The maximum absolute atomic E-state index is 13.6. The summed E-state index contributed by atoms with van der Waals surface area (Å²) in [6, 6.07) is 19.6. The minimum absolute atomic E-state index is 0.0121. The third-order valence-corrected chi connectivity index (χ3v) is 6.54. The van der Waals surface area contributed by atoms with Gasteiger partial charge in [0.1, 0.15) is 16.1 Å². The van der Waals surface area contributed by atoms with Gasteiger partial charge in [-0.05, 0) is 48.0 Å². The standard InChI is InChI=1S/C25H15ClFNO4S/c26-15-8-11-18-19(12-15)28(13-14-6-9-16(27)10-7-14)24(30)20-21(29)23(25(31)32-22(18)20)33-17-4-2-1-3-5-17/h1-12,29H,13H2. The monoisotopic (exact) mass is 479 g/mol. The largest absolute Gasteiger partial charge is 0.505 e. The van der Waals surface area contributed by atoms with Crippen LogP contribution in [0.5, 0.6) is 5.75 Å². The van der Waals surface area contributed by atoms with Gasteiger partial charge in [0.25, 0.3) is 5.56 Å². The summed E-state index contributed by atoms with van der Waals surface area (Å²) < 4.78 is 20.4. The molecule has 164 valence electrons. The van der Waals surface area contributed by atoms with Crippen molar-refractivity contribution in [1.29, 1.82) is 0 Å². The molecular weight excluding hydrogens is 465 g/mol. The number of hydrogen-bond acceptors (Lipinski definition) is 5. The van der Waals surface area contributed by atoms with Crippen LogP contribution < -0.4 is 11.2 Å². The summed E-state index contributed by atoms with van der Waals surface area (Å²) in [6.45, 7) is 0.103. The van der Waals surface area contributed by atoms with Gasteiger partial charge in [0.05, 0.1) is 12.1 Å². The van der Waals surface area contributed by atoms with E-state index in [-0.39, 0.29) is 28.2 Å². The number of pyridine rings is 1. The van der Waals surface area contributed by atoms with Crippen molar-refractivity contribution in [1.82, 2.24) is 4.57 Å². The molecule has 0 saturated heterocycles. The van der Waals surface area contributed by atoms with Gasteiger partial charge in [-0.25, -0.2) is 9.18 Å². The Morgan fingerprint density at radius 1 is 1.00 bits per heavy atom. The molecule has 5 nitrogen and oxygen atoms in total. The van der Waals surface area contributed by atoms with E-state index in [1.807, 2.05) is 6.07 Å². The fourth-order valence-electron chi connectivity index (χ4n) is 3.69. The van der Waals surface area contributed by atoms with E-state index < -0.39 is 16.9 Å². The molecule has 0 spiro atoms. The van der Waals surface area contributed by atoms with Crippen LogP contribution in [0.3, 0.4) is 0 Å². The lowest BCUT2D eigenvalue weighted by molar-refractivity contribution is 0.446. The predicted octanol–water partition coefficient (Wildman–Crippen LogP) is 5.81. The third kappa shape index (κ3) is 3.90. The van der Waals surface area contributed by atoms with Crippen molar-refractivity contribution in [2.45, 2.75) is 16.3 Å². The van der Waals surface area contributed by atoms with Crippen LogP contribution >= 0.6 is 23.4 Å². The Morgan fingerprint density at radius 3 is 2.45 bits per heavy atom. The average Bonchev–Trinajstić information content (AvgIpc) is 2.81. The van der Waals surface area contributed by atoms with E-state index in [0.29, 0.717) is 26.4 Å². The third-order valence-electron chi connectivity index (χ3n) is 5.23. The van der Waals surface area contributed by atoms with Gasteiger partial charge in [0.2, 0.25) is 0 Å². The van der Waals surface area contributed by atoms with Crippen molar-refractivity contribution < 1.29 is 13.9 Å². The number of aromatic hydroxyl groups is 1. The van der Waals surface area contributed by atoms with Crippen LogP contribution in [-0.2, 0) is 6.54 Å². The molecule has 0 fully saturated rings. The molecule has 33 heavy (non-hydrogen) atoms. The van der Waals surface area contributed by atoms with Gasteiger partial charge < -0.3 is 14.1 Å². The maximum Gasteiger partial charge on any atom is 0.354 e. The summed E-state index contributed by atoms with van der Waals surface area (Å²) in [5, 5.41) is 11.8. The lowest BCUT2D eigenvalue weighted by Crippen LogP contribution is -2.23. The number of hydrogen-bond donors (Lipinski definition) is 1. The van der Waals surface area contributed by atoms with E-state index in [0.717, 1.165) is 11.8 Å². The Morgan fingerprint density at radius 2 is 1.73 bits per heavy atom. The molecule has 5 rings (SSSR count). The molecule has 1 N–H and O–H groups in total. The van der Waals surface area contributed by atoms with Crippen LogP contribution in [0.2, 0.25) is 5.02 Å². The van der Waals surface area contributed by atoms with Gasteiger partial charge in [-0.3, -0.25) is 4.79 Å². The second-order valence-electron chi connectivity index (χ2n) is 7.37. The van der Waals surface area contributed by atoms with Crippen molar-refractivity contribution in [3.05, 3.63) is 110 Å². The first kappa shape index (κ1) is 21.3. The fourth-order valence-corrected chi connectivity index (χ4v) is 4.71.